The summed E-state index contributed by atoms with van der Waals surface area (Å²) in [4.78, 5) is 4.26. The normalized spacial score (nSPS) is 10.7. The Labute approximate surface area is 115 Å². The van der Waals surface area contributed by atoms with Crippen LogP contribution in [0.25, 0.3) is 17.1 Å². The van der Waals surface area contributed by atoms with E-state index in [0.29, 0.717) is 18.1 Å². The molecule has 20 heavy (non-hydrogen) atoms. The van der Waals surface area contributed by atoms with Gasteiger partial charge in [0, 0.05) is 12.1 Å². The van der Waals surface area contributed by atoms with Gasteiger partial charge in [0.2, 0.25) is 0 Å². The van der Waals surface area contributed by atoms with E-state index in [1.54, 1.807) is 10.7 Å². The van der Waals surface area contributed by atoms with Crippen molar-refractivity contribution in [3.63, 3.8) is 0 Å². The topological polar surface area (TPSA) is 56.7 Å². The van der Waals surface area contributed by atoms with Crippen molar-refractivity contribution in [2.75, 3.05) is 0 Å². The number of halogens is 1. The second-order valence-corrected chi connectivity index (χ2v) is 4.34. The fourth-order valence-electron chi connectivity index (χ4n) is 2.11. The Balaban J connectivity index is 2.18. The Hall–Kier alpha value is -2.53. The summed E-state index contributed by atoms with van der Waals surface area (Å²) in [7, 11) is 0. The van der Waals surface area contributed by atoms with Crippen molar-refractivity contribution >= 4 is 0 Å². The lowest BCUT2D eigenvalue weighted by Gasteiger charge is -2.10. The van der Waals surface area contributed by atoms with Crippen LogP contribution >= 0.6 is 0 Å². The van der Waals surface area contributed by atoms with E-state index < -0.39 is 0 Å². The summed E-state index contributed by atoms with van der Waals surface area (Å²) in [5, 5.41) is 4.20. The van der Waals surface area contributed by atoms with Crippen molar-refractivity contribution in [1.29, 1.82) is 0 Å². The van der Waals surface area contributed by atoms with Crippen molar-refractivity contribution in [3.8, 4) is 17.1 Å². The van der Waals surface area contributed by atoms with Crippen LogP contribution in [0.3, 0.4) is 0 Å². The Morgan fingerprint density at radius 3 is 2.65 bits per heavy atom. The van der Waals surface area contributed by atoms with Crippen LogP contribution in [0.5, 0.6) is 0 Å². The van der Waals surface area contributed by atoms with Gasteiger partial charge in [0.1, 0.15) is 12.1 Å². The number of nitrogens with zero attached hydrogens (tertiary/aromatic N) is 3. The zero-order valence-electron chi connectivity index (χ0n) is 10.7. The standard InChI is InChI=1S/C15H13FN4/c16-13-7-6-12(9-17)14(8-13)20-15(18-10-19-20)11-4-2-1-3-5-11/h1-8,10H,9,17H2. The van der Waals surface area contributed by atoms with Gasteiger partial charge in [-0.05, 0) is 17.7 Å². The second-order valence-electron chi connectivity index (χ2n) is 4.34. The van der Waals surface area contributed by atoms with E-state index in [1.165, 1.54) is 18.5 Å². The summed E-state index contributed by atoms with van der Waals surface area (Å²) >= 11 is 0. The van der Waals surface area contributed by atoms with Gasteiger partial charge >= 0.3 is 0 Å². The number of benzene rings is 2. The van der Waals surface area contributed by atoms with Gasteiger partial charge in [-0.2, -0.15) is 5.10 Å². The Kier molecular flexibility index (Phi) is 3.26. The molecule has 0 fully saturated rings. The summed E-state index contributed by atoms with van der Waals surface area (Å²) in [6, 6.07) is 14.1. The Morgan fingerprint density at radius 2 is 1.90 bits per heavy atom. The number of aromatic nitrogens is 3. The molecule has 2 N–H and O–H groups in total. The predicted molar refractivity (Wildman–Crippen MR) is 74.6 cm³/mol. The molecule has 3 rings (SSSR count). The molecular weight excluding hydrogens is 255 g/mol. The third-order valence-electron chi connectivity index (χ3n) is 3.08. The van der Waals surface area contributed by atoms with Gasteiger partial charge in [0.05, 0.1) is 5.69 Å². The summed E-state index contributed by atoms with van der Waals surface area (Å²) in [6.45, 7) is 0.309. The molecular formula is C15H13FN4. The van der Waals surface area contributed by atoms with Gasteiger partial charge < -0.3 is 5.73 Å². The van der Waals surface area contributed by atoms with E-state index in [9.17, 15) is 4.39 Å². The van der Waals surface area contributed by atoms with Crippen LogP contribution in [-0.2, 0) is 6.54 Å². The molecule has 100 valence electrons. The van der Waals surface area contributed by atoms with Crippen LogP contribution in [0.2, 0.25) is 0 Å². The average molecular weight is 268 g/mol. The highest BCUT2D eigenvalue weighted by Gasteiger charge is 2.12. The minimum absolute atomic E-state index is 0.309. The van der Waals surface area contributed by atoms with E-state index in [1.807, 2.05) is 30.3 Å². The average Bonchev–Trinajstić information content (AvgIpc) is 2.97. The molecule has 0 spiro atoms. The molecule has 2 aromatic carbocycles. The Morgan fingerprint density at radius 1 is 1.10 bits per heavy atom. The molecule has 3 aromatic rings. The zero-order valence-corrected chi connectivity index (χ0v) is 10.7. The van der Waals surface area contributed by atoms with Crippen LogP contribution in [0.1, 0.15) is 5.56 Å². The molecule has 0 saturated heterocycles. The molecule has 0 radical (unpaired) electrons. The predicted octanol–water partition coefficient (Wildman–Crippen LogP) is 2.53. The van der Waals surface area contributed by atoms with Crippen molar-refractivity contribution in [2.45, 2.75) is 6.54 Å². The first-order valence-electron chi connectivity index (χ1n) is 6.24. The van der Waals surface area contributed by atoms with Crippen molar-refractivity contribution in [2.24, 2.45) is 5.73 Å². The quantitative estimate of drug-likeness (QED) is 0.794. The number of hydrogen-bond acceptors (Lipinski definition) is 3. The maximum absolute atomic E-state index is 13.5. The lowest BCUT2D eigenvalue weighted by Crippen LogP contribution is -2.07. The highest BCUT2D eigenvalue weighted by molar-refractivity contribution is 5.58. The molecule has 0 amide bonds. The van der Waals surface area contributed by atoms with E-state index in [4.69, 9.17) is 5.73 Å². The third kappa shape index (κ3) is 2.19. The van der Waals surface area contributed by atoms with Gasteiger partial charge in [-0.1, -0.05) is 36.4 Å². The van der Waals surface area contributed by atoms with Gasteiger partial charge in [0.15, 0.2) is 5.82 Å². The zero-order chi connectivity index (χ0) is 13.9. The summed E-state index contributed by atoms with van der Waals surface area (Å²) in [6.07, 6.45) is 1.45. The van der Waals surface area contributed by atoms with Crippen LogP contribution in [0.15, 0.2) is 54.9 Å². The van der Waals surface area contributed by atoms with E-state index >= 15 is 0 Å². The summed E-state index contributed by atoms with van der Waals surface area (Å²) < 4.78 is 15.1. The SMILES string of the molecule is NCc1ccc(F)cc1-n1ncnc1-c1ccccc1. The van der Waals surface area contributed by atoms with Crippen molar-refractivity contribution in [1.82, 2.24) is 14.8 Å². The molecule has 0 saturated carbocycles. The van der Waals surface area contributed by atoms with Crippen LogP contribution in [0, 0.1) is 5.82 Å². The number of hydrogen-bond donors (Lipinski definition) is 1. The molecule has 0 atom stereocenters. The van der Waals surface area contributed by atoms with Crippen LogP contribution in [-0.4, -0.2) is 14.8 Å². The molecule has 0 aliphatic heterocycles. The first kappa shape index (κ1) is 12.5. The molecule has 0 bridgehead atoms. The third-order valence-corrected chi connectivity index (χ3v) is 3.08. The molecule has 1 heterocycles. The lowest BCUT2D eigenvalue weighted by molar-refractivity contribution is 0.624. The number of rotatable bonds is 3. The molecule has 0 unspecified atom stereocenters. The van der Waals surface area contributed by atoms with Crippen molar-refractivity contribution < 1.29 is 4.39 Å². The van der Waals surface area contributed by atoms with Gasteiger partial charge in [-0.3, -0.25) is 0 Å². The first-order valence-corrected chi connectivity index (χ1v) is 6.24. The largest absolute Gasteiger partial charge is 0.326 e. The van der Waals surface area contributed by atoms with Gasteiger partial charge in [-0.25, -0.2) is 14.1 Å². The fraction of sp³-hybridized carbons (Fsp3) is 0.0667. The Bertz CT molecular complexity index is 722. The van der Waals surface area contributed by atoms with Gasteiger partial charge in [-0.15, -0.1) is 0 Å². The van der Waals surface area contributed by atoms with E-state index in [0.717, 1.165) is 11.1 Å². The van der Waals surface area contributed by atoms with Crippen LogP contribution in [0.4, 0.5) is 4.39 Å². The summed E-state index contributed by atoms with van der Waals surface area (Å²) in [5.74, 6) is 0.331. The number of nitrogens with two attached hydrogens (primary N) is 1. The monoisotopic (exact) mass is 268 g/mol. The molecule has 0 aliphatic rings. The maximum atomic E-state index is 13.5. The van der Waals surface area contributed by atoms with E-state index in [2.05, 4.69) is 10.1 Å². The fourth-order valence-corrected chi connectivity index (χ4v) is 2.11. The minimum atomic E-state index is -0.327. The molecule has 0 aliphatic carbocycles. The first-order chi connectivity index (χ1) is 9.79. The second kappa shape index (κ2) is 5.22. The molecule has 1 aromatic heterocycles. The van der Waals surface area contributed by atoms with Crippen molar-refractivity contribution in [3.05, 3.63) is 66.2 Å². The summed E-state index contributed by atoms with van der Waals surface area (Å²) in [5.41, 5.74) is 8.05. The molecule has 4 nitrogen and oxygen atoms in total. The smallest absolute Gasteiger partial charge is 0.163 e. The minimum Gasteiger partial charge on any atom is -0.326 e. The maximum Gasteiger partial charge on any atom is 0.163 e. The lowest BCUT2D eigenvalue weighted by atomic mass is 10.1. The van der Waals surface area contributed by atoms with Crippen LogP contribution < -0.4 is 5.73 Å². The molecule has 5 heteroatoms. The highest BCUT2D eigenvalue weighted by atomic mass is 19.1. The van der Waals surface area contributed by atoms with Gasteiger partial charge in [0.25, 0.3) is 0 Å². The highest BCUT2D eigenvalue weighted by Crippen LogP contribution is 2.22. The van der Waals surface area contributed by atoms with E-state index in [-0.39, 0.29) is 5.82 Å².